The molecule has 4 aromatic rings. The number of anilines is 3. The number of aromatic hydroxyl groups is 1. The second-order valence-corrected chi connectivity index (χ2v) is 7.93. The van der Waals surface area contributed by atoms with E-state index in [4.69, 9.17) is 16.2 Å². The minimum Gasteiger partial charge on any atom is -0.505 e. The molecule has 0 bridgehead atoms. The molecule has 0 aliphatic heterocycles. The highest BCUT2D eigenvalue weighted by molar-refractivity contribution is 6.12. The molecule has 0 fully saturated rings. The molecule has 0 aromatic heterocycles. The number of non-ortho nitro benzene ring substituents is 1. The molecule has 196 valence electrons. The number of benzene rings is 4. The van der Waals surface area contributed by atoms with E-state index in [0.717, 1.165) is 0 Å². The third kappa shape index (κ3) is 6.26. The Balaban J connectivity index is 0.000000244. The van der Waals surface area contributed by atoms with Gasteiger partial charge in [-0.3, -0.25) is 19.7 Å². The second-order valence-electron chi connectivity index (χ2n) is 7.93. The summed E-state index contributed by atoms with van der Waals surface area (Å²) in [5, 5.41) is 27.4. The average molecular weight is 518 g/mol. The van der Waals surface area contributed by atoms with E-state index in [0.29, 0.717) is 34.4 Å². The normalized spacial score (nSPS) is 10.2. The summed E-state index contributed by atoms with van der Waals surface area (Å²) in [5.74, 6) is -0.470. The average Bonchev–Trinajstić information content (AvgIpc) is 2.92. The summed E-state index contributed by atoms with van der Waals surface area (Å²) in [6.07, 6.45) is 0. The molecule has 38 heavy (non-hydrogen) atoms. The predicted octanol–water partition coefficient (Wildman–Crippen LogP) is 4.32. The number of nitrogens with one attached hydrogen (secondary N) is 2. The summed E-state index contributed by atoms with van der Waals surface area (Å²) in [5.41, 5.74) is 12.8. The molecule has 11 heteroatoms. The van der Waals surface area contributed by atoms with Crippen LogP contribution in [0, 0.1) is 10.1 Å². The molecule has 0 aliphatic carbocycles. The Morgan fingerprint density at radius 1 is 1.00 bits per heavy atom. The van der Waals surface area contributed by atoms with E-state index < -0.39 is 10.8 Å². The van der Waals surface area contributed by atoms with Crippen LogP contribution in [0.2, 0.25) is 0 Å². The number of nitrogens with two attached hydrogens (primary N) is 2. The summed E-state index contributed by atoms with van der Waals surface area (Å²) in [6, 6.07) is 19.1. The van der Waals surface area contributed by atoms with Crippen LogP contribution >= 0.6 is 0 Å². The first kappa shape index (κ1) is 27.3. The number of ether oxygens (including phenoxy) is 1. The first-order chi connectivity index (χ1) is 18.2. The van der Waals surface area contributed by atoms with Gasteiger partial charge in [0.1, 0.15) is 5.75 Å². The van der Waals surface area contributed by atoms with Gasteiger partial charge >= 0.3 is 0 Å². The fourth-order valence-electron chi connectivity index (χ4n) is 3.55. The van der Waals surface area contributed by atoms with Crippen molar-refractivity contribution in [2.45, 2.75) is 6.92 Å². The van der Waals surface area contributed by atoms with Crippen molar-refractivity contribution in [3.8, 4) is 11.5 Å². The fourth-order valence-corrected chi connectivity index (χ4v) is 3.55. The van der Waals surface area contributed by atoms with E-state index in [1.807, 2.05) is 6.92 Å². The highest BCUT2D eigenvalue weighted by Gasteiger charge is 2.17. The van der Waals surface area contributed by atoms with Gasteiger partial charge in [0.15, 0.2) is 5.75 Å². The van der Waals surface area contributed by atoms with Gasteiger partial charge in [0.25, 0.3) is 17.5 Å². The van der Waals surface area contributed by atoms with Crippen LogP contribution in [-0.4, -0.2) is 35.5 Å². The Morgan fingerprint density at radius 3 is 2.39 bits per heavy atom. The van der Waals surface area contributed by atoms with Crippen molar-refractivity contribution < 1.29 is 24.4 Å². The maximum atomic E-state index is 12.4. The standard InChI is InChI=1S/C17H13N3O4.C10H14N2O2/c18-15-13-7-2-1-4-10(13)8-14(16(15)21)17(22)19-11-5-3-6-12(9-11)20(23)24;1-3-14-9-5-4-7(6-8(9)11)10(13)12-2/h1-9,21H,18H2,(H,19,22);4-6H,3,11H2,1-2H3,(H,12,13). The van der Waals surface area contributed by atoms with Crippen molar-refractivity contribution in [3.63, 3.8) is 0 Å². The maximum absolute atomic E-state index is 12.4. The fraction of sp³-hybridized carbons (Fsp3) is 0.111. The van der Waals surface area contributed by atoms with E-state index in [-0.39, 0.29) is 34.3 Å². The number of phenolic OH excluding ortho intramolecular Hbond substituents is 1. The summed E-state index contributed by atoms with van der Waals surface area (Å²) in [7, 11) is 1.58. The van der Waals surface area contributed by atoms with Crippen LogP contribution in [-0.2, 0) is 0 Å². The molecule has 0 atom stereocenters. The van der Waals surface area contributed by atoms with Crippen molar-refractivity contribution in [2.24, 2.45) is 0 Å². The number of carbonyl (C=O) groups is 2. The largest absolute Gasteiger partial charge is 0.505 e. The molecule has 0 saturated heterocycles. The van der Waals surface area contributed by atoms with Crippen molar-refractivity contribution in [3.05, 3.63) is 94.0 Å². The number of carbonyl (C=O) groups excluding carboxylic acids is 2. The number of phenols is 1. The Kier molecular flexibility index (Phi) is 8.67. The first-order valence-corrected chi connectivity index (χ1v) is 11.5. The molecule has 2 amide bonds. The lowest BCUT2D eigenvalue weighted by Crippen LogP contribution is -2.17. The number of hydrogen-bond donors (Lipinski definition) is 5. The van der Waals surface area contributed by atoms with E-state index >= 15 is 0 Å². The minimum atomic E-state index is -0.606. The zero-order chi connectivity index (χ0) is 27.8. The van der Waals surface area contributed by atoms with Crippen LogP contribution in [0.4, 0.5) is 22.7 Å². The molecule has 7 N–H and O–H groups in total. The van der Waals surface area contributed by atoms with E-state index in [1.54, 1.807) is 49.5 Å². The number of nitrogens with zero attached hydrogens (tertiary/aromatic N) is 1. The number of rotatable bonds is 6. The molecule has 0 spiro atoms. The Hall–Kier alpha value is -5.32. The highest BCUT2D eigenvalue weighted by atomic mass is 16.6. The summed E-state index contributed by atoms with van der Waals surface area (Å²) >= 11 is 0. The van der Waals surface area contributed by atoms with Crippen LogP contribution in [0.25, 0.3) is 10.8 Å². The zero-order valence-electron chi connectivity index (χ0n) is 20.7. The van der Waals surface area contributed by atoms with E-state index in [9.17, 15) is 24.8 Å². The van der Waals surface area contributed by atoms with Gasteiger partial charge in [-0.05, 0) is 42.6 Å². The van der Waals surface area contributed by atoms with Crippen molar-refractivity contribution in [1.82, 2.24) is 5.32 Å². The molecular formula is C27H27N5O6. The Morgan fingerprint density at radius 2 is 1.74 bits per heavy atom. The summed E-state index contributed by atoms with van der Waals surface area (Å²) in [6.45, 7) is 2.44. The minimum absolute atomic E-state index is 0.00212. The molecule has 0 aliphatic rings. The van der Waals surface area contributed by atoms with Gasteiger partial charge in [0.05, 0.1) is 28.5 Å². The molecule has 0 radical (unpaired) electrons. The number of nitrogen functional groups attached to an aromatic ring is 2. The first-order valence-electron chi connectivity index (χ1n) is 11.5. The van der Waals surface area contributed by atoms with Crippen LogP contribution in [0.5, 0.6) is 11.5 Å². The molecular weight excluding hydrogens is 490 g/mol. The van der Waals surface area contributed by atoms with Gasteiger partial charge in [0.2, 0.25) is 0 Å². The third-order valence-corrected chi connectivity index (χ3v) is 5.42. The number of hydrogen-bond acceptors (Lipinski definition) is 8. The molecule has 4 rings (SSSR count). The maximum Gasteiger partial charge on any atom is 0.271 e. The van der Waals surface area contributed by atoms with Crippen LogP contribution in [0.1, 0.15) is 27.6 Å². The van der Waals surface area contributed by atoms with Crippen LogP contribution in [0.15, 0.2) is 72.8 Å². The summed E-state index contributed by atoms with van der Waals surface area (Å²) in [4.78, 5) is 33.9. The smallest absolute Gasteiger partial charge is 0.271 e. The van der Waals surface area contributed by atoms with Gasteiger partial charge in [0, 0.05) is 35.8 Å². The van der Waals surface area contributed by atoms with Gasteiger partial charge in [-0.2, -0.15) is 0 Å². The molecule has 11 nitrogen and oxygen atoms in total. The number of nitro groups is 1. The van der Waals surface area contributed by atoms with E-state index in [2.05, 4.69) is 10.6 Å². The quantitative estimate of drug-likeness (QED) is 0.108. The lowest BCUT2D eigenvalue weighted by molar-refractivity contribution is -0.384. The van der Waals surface area contributed by atoms with Crippen molar-refractivity contribution in [1.29, 1.82) is 0 Å². The second kappa shape index (κ2) is 12.1. The topological polar surface area (TPSA) is 183 Å². The predicted molar refractivity (Wildman–Crippen MR) is 146 cm³/mol. The lowest BCUT2D eigenvalue weighted by atomic mass is 10.0. The Labute approximate surface area is 218 Å². The zero-order valence-corrected chi connectivity index (χ0v) is 20.7. The van der Waals surface area contributed by atoms with Crippen molar-refractivity contribution >= 4 is 45.3 Å². The number of amides is 2. The van der Waals surface area contributed by atoms with Gasteiger partial charge in [-0.1, -0.05) is 30.3 Å². The Bertz CT molecular complexity index is 1510. The van der Waals surface area contributed by atoms with Crippen LogP contribution in [0.3, 0.4) is 0 Å². The van der Waals surface area contributed by atoms with Gasteiger partial charge in [-0.15, -0.1) is 0 Å². The van der Waals surface area contributed by atoms with Crippen molar-refractivity contribution in [2.75, 3.05) is 30.4 Å². The number of fused-ring (bicyclic) bond motifs is 1. The molecule has 0 unspecified atom stereocenters. The molecule has 4 aromatic carbocycles. The summed E-state index contributed by atoms with van der Waals surface area (Å²) < 4.78 is 5.25. The third-order valence-electron chi connectivity index (χ3n) is 5.42. The highest BCUT2D eigenvalue weighted by Crippen LogP contribution is 2.34. The van der Waals surface area contributed by atoms with Gasteiger partial charge in [-0.25, -0.2) is 0 Å². The van der Waals surface area contributed by atoms with Crippen LogP contribution < -0.4 is 26.8 Å². The SMILES string of the molecule is CCOc1ccc(C(=O)NC)cc1N.Nc1c(O)c(C(=O)Nc2cccc([N+](=O)[O-])c2)cc2ccccc12. The molecule has 0 saturated carbocycles. The molecule has 0 heterocycles. The van der Waals surface area contributed by atoms with Gasteiger partial charge < -0.3 is 31.9 Å². The monoisotopic (exact) mass is 517 g/mol. The lowest BCUT2D eigenvalue weighted by Gasteiger charge is -2.11. The van der Waals surface area contributed by atoms with E-state index in [1.165, 1.54) is 30.3 Å². The number of nitro benzene ring substituents is 1.